The summed E-state index contributed by atoms with van der Waals surface area (Å²) in [5, 5.41) is 0. The number of nitrogens with zero attached hydrogens (tertiary/aromatic N) is 1. The molecule has 0 bridgehead atoms. The van der Waals surface area contributed by atoms with Gasteiger partial charge >= 0.3 is 0 Å². The Morgan fingerprint density at radius 3 is 2.69 bits per heavy atom. The van der Waals surface area contributed by atoms with Crippen LogP contribution in [0.3, 0.4) is 0 Å². The second-order valence-corrected chi connectivity index (χ2v) is 3.58. The van der Waals surface area contributed by atoms with Gasteiger partial charge in [0.25, 0.3) is 0 Å². The third-order valence-corrected chi connectivity index (χ3v) is 2.29. The normalized spacial score (nSPS) is 10.1. The third kappa shape index (κ3) is 2.14. The maximum absolute atomic E-state index is 13.2. The number of aldehydes is 1. The SMILES string of the molecule is Cc1cc(-c2cc(F)cc(C=O)c2)ccn1. The molecule has 2 aromatic rings. The molecule has 0 unspecified atom stereocenters. The Hall–Kier alpha value is -2.03. The van der Waals surface area contributed by atoms with Crippen LogP contribution in [0.25, 0.3) is 11.1 Å². The zero-order valence-corrected chi connectivity index (χ0v) is 8.77. The van der Waals surface area contributed by atoms with Crippen LogP contribution in [0, 0.1) is 12.7 Å². The number of pyridine rings is 1. The van der Waals surface area contributed by atoms with Crippen LogP contribution in [0.15, 0.2) is 36.5 Å². The summed E-state index contributed by atoms with van der Waals surface area (Å²) >= 11 is 0. The lowest BCUT2D eigenvalue weighted by molar-refractivity contribution is 0.112. The van der Waals surface area contributed by atoms with Crippen LogP contribution >= 0.6 is 0 Å². The minimum absolute atomic E-state index is 0.337. The summed E-state index contributed by atoms with van der Waals surface area (Å²) in [7, 11) is 0. The zero-order chi connectivity index (χ0) is 11.5. The van der Waals surface area contributed by atoms with Gasteiger partial charge in [0.05, 0.1) is 0 Å². The molecular formula is C13H10FNO. The Kier molecular flexibility index (Phi) is 2.77. The number of aryl methyl sites for hydroxylation is 1. The van der Waals surface area contributed by atoms with E-state index in [-0.39, 0.29) is 0 Å². The molecule has 0 amide bonds. The van der Waals surface area contributed by atoms with Crippen molar-refractivity contribution in [3.63, 3.8) is 0 Å². The molecule has 2 rings (SSSR count). The second kappa shape index (κ2) is 4.23. The van der Waals surface area contributed by atoms with Crippen molar-refractivity contribution in [3.05, 3.63) is 53.6 Å². The fraction of sp³-hybridized carbons (Fsp3) is 0.0769. The standard InChI is InChI=1S/C13H10FNO/c1-9-4-11(2-3-15-9)12-5-10(8-16)6-13(14)7-12/h2-8H,1H3. The monoisotopic (exact) mass is 215 g/mol. The topological polar surface area (TPSA) is 30.0 Å². The molecule has 0 spiro atoms. The van der Waals surface area contributed by atoms with Crippen molar-refractivity contribution in [3.8, 4) is 11.1 Å². The van der Waals surface area contributed by atoms with Gasteiger partial charge < -0.3 is 0 Å². The fourth-order valence-electron chi connectivity index (χ4n) is 1.57. The van der Waals surface area contributed by atoms with Crippen molar-refractivity contribution in [1.29, 1.82) is 0 Å². The highest BCUT2D eigenvalue weighted by Gasteiger charge is 2.03. The molecule has 0 saturated carbocycles. The molecule has 0 atom stereocenters. The molecule has 0 aliphatic carbocycles. The summed E-state index contributed by atoms with van der Waals surface area (Å²) in [5.74, 6) is -0.408. The molecule has 0 aliphatic rings. The van der Waals surface area contributed by atoms with Gasteiger partial charge in [-0.15, -0.1) is 0 Å². The number of hydrogen-bond acceptors (Lipinski definition) is 2. The average Bonchev–Trinajstić information content (AvgIpc) is 2.28. The summed E-state index contributed by atoms with van der Waals surface area (Å²) in [6.07, 6.45) is 2.30. The predicted octanol–water partition coefficient (Wildman–Crippen LogP) is 3.01. The molecule has 16 heavy (non-hydrogen) atoms. The summed E-state index contributed by atoms with van der Waals surface area (Å²) < 4.78 is 13.2. The molecule has 0 saturated heterocycles. The van der Waals surface area contributed by atoms with Crippen LogP contribution in [0.2, 0.25) is 0 Å². The van der Waals surface area contributed by atoms with Crippen LogP contribution in [0.5, 0.6) is 0 Å². The molecule has 1 heterocycles. The minimum atomic E-state index is -0.408. The van der Waals surface area contributed by atoms with Crippen molar-refractivity contribution >= 4 is 6.29 Å². The van der Waals surface area contributed by atoms with Crippen molar-refractivity contribution in [2.45, 2.75) is 6.92 Å². The first-order valence-corrected chi connectivity index (χ1v) is 4.88. The smallest absolute Gasteiger partial charge is 0.150 e. The molecular weight excluding hydrogens is 205 g/mol. The Bertz CT molecular complexity index is 537. The highest BCUT2D eigenvalue weighted by Crippen LogP contribution is 2.21. The van der Waals surface area contributed by atoms with Crippen molar-refractivity contribution < 1.29 is 9.18 Å². The zero-order valence-electron chi connectivity index (χ0n) is 8.77. The first-order valence-electron chi connectivity index (χ1n) is 4.88. The van der Waals surface area contributed by atoms with Gasteiger partial charge in [-0.3, -0.25) is 9.78 Å². The van der Waals surface area contributed by atoms with Crippen LogP contribution < -0.4 is 0 Å². The van der Waals surface area contributed by atoms with Crippen LogP contribution in [-0.4, -0.2) is 11.3 Å². The number of rotatable bonds is 2. The van der Waals surface area contributed by atoms with Gasteiger partial charge in [0.15, 0.2) is 0 Å². The molecule has 0 fully saturated rings. The van der Waals surface area contributed by atoms with Crippen LogP contribution in [-0.2, 0) is 0 Å². The van der Waals surface area contributed by atoms with E-state index in [9.17, 15) is 9.18 Å². The number of carbonyl (C=O) groups is 1. The van der Waals surface area contributed by atoms with Crippen molar-refractivity contribution in [2.75, 3.05) is 0 Å². The van der Waals surface area contributed by atoms with Crippen molar-refractivity contribution in [2.24, 2.45) is 0 Å². The predicted molar refractivity (Wildman–Crippen MR) is 59.8 cm³/mol. The largest absolute Gasteiger partial charge is 0.298 e. The van der Waals surface area contributed by atoms with Crippen LogP contribution in [0.1, 0.15) is 16.1 Å². The van der Waals surface area contributed by atoms with Gasteiger partial charge in [0.1, 0.15) is 12.1 Å². The highest BCUT2D eigenvalue weighted by atomic mass is 19.1. The number of benzene rings is 1. The fourth-order valence-corrected chi connectivity index (χ4v) is 1.57. The lowest BCUT2D eigenvalue weighted by Gasteiger charge is -2.03. The Labute approximate surface area is 92.8 Å². The molecule has 0 N–H and O–H groups in total. The average molecular weight is 215 g/mol. The number of hydrogen-bond donors (Lipinski definition) is 0. The van der Waals surface area contributed by atoms with Crippen LogP contribution in [0.4, 0.5) is 4.39 Å². The van der Waals surface area contributed by atoms with Gasteiger partial charge in [0.2, 0.25) is 0 Å². The molecule has 0 radical (unpaired) electrons. The summed E-state index contributed by atoms with van der Waals surface area (Å²) in [5.41, 5.74) is 2.74. The summed E-state index contributed by atoms with van der Waals surface area (Å²) in [6.45, 7) is 1.86. The van der Waals surface area contributed by atoms with E-state index in [1.54, 1.807) is 18.3 Å². The van der Waals surface area contributed by atoms with Gasteiger partial charge in [-0.25, -0.2) is 4.39 Å². The van der Waals surface area contributed by atoms with E-state index in [0.717, 1.165) is 11.3 Å². The first kappa shape index (κ1) is 10.5. The van der Waals surface area contributed by atoms with E-state index in [1.165, 1.54) is 12.1 Å². The van der Waals surface area contributed by atoms with Gasteiger partial charge in [-0.2, -0.15) is 0 Å². The van der Waals surface area contributed by atoms with Gasteiger partial charge in [-0.1, -0.05) is 0 Å². The van der Waals surface area contributed by atoms with E-state index >= 15 is 0 Å². The molecule has 1 aromatic heterocycles. The van der Waals surface area contributed by atoms with E-state index in [0.29, 0.717) is 17.4 Å². The Morgan fingerprint density at radius 2 is 2.00 bits per heavy atom. The lowest BCUT2D eigenvalue weighted by atomic mass is 10.0. The highest BCUT2D eigenvalue weighted by molar-refractivity contribution is 5.79. The van der Waals surface area contributed by atoms with E-state index in [2.05, 4.69) is 4.98 Å². The molecule has 80 valence electrons. The maximum Gasteiger partial charge on any atom is 0.150 e. The number of halogens is 1. The third-order valence-electron chi connectivity index (χ3n) is 2.29. The molecule has 0 aliphatic heterocycles. The van der Waals surface area contributed by atoms with Gasteiger partial charge in [-0.05, 0) is 48.4 Å². The molecule has 1 aromatic carbocycles. The lowest BCUT2D eigenvalue weighted by Crippen LogP contribution is -1.88. The summed E-state index contributed by atoms with van der Waals surface area (Å²) in [6, 6.07) is 7.91. The van der Waals surface area contributed by atoms with E-state index in [1.807, 2.05) is 13.0 Å². The number of carbonyl (C=O) groups excluding carboxylic acids is 1. The molecule has 2 nitrogen and oxygen atoms in total. The second-order valence-electron chi connectivity index (χ2n) is 3.58. The maximum atomic E-state index is 13.2. The Balaban J connectivity index is 2.55. The Morgan fingerprint density at radius 1 is 1.19 bits per heavy atom. The van der Waals surface area contributed by atoms with Gasteiger partial charge in [0, 0.05) is 17.5 Å². The summed E-state index contributed by atoms with van der Waals surface area (Å²) in [4.78, 5) is 14.7. The van der Waals surface area contributed by atoms with Crippen molar-refractivity contribution in [1.82, 2.24) is 4.98 Å². The minimum Gasteiger partial charge on any atom is -0.298 e. The van der Waals surface area contributed by atoms with E-state index < -0.39 is 5.82 Å². The first-order chi connectivity index (χ1) is 7.69. The molecule has 3 heteroatoms. The quantitative estimate of drug-likeness (QED) is 0.721. The number of aromatic nitrogens is 1. The van der Waals surface area contributed by atoms with E-state index in [4.69, 9.17) is 0 Å².